The number of nitrogens with zero attached hydrogens (tertiary/aromatic N) is 1. The first-order chi connectivity index (χ1) is 14.0. The van der Waals surface area contributed by atoms with Gasteiger partial charge in [0.2, 0.25) is 5.91 Å². The zero-order chi connectivity index (χ0) is 20.8. The fourth-order valence-corrected chi connectivity index (χ4v) is 3.33. The lowest BCUT2D eigenvalue weighted by atomic mass is 10.1. The van der Waals surface area contributed by atoms with E-state index >= 15 is 0 Å². The largest absolute Gasteiger partial charge is 0.370 e. The van der Waals surface area contributed by atoms with Gasteiger partial charge in [0.1, 0.15) is 16.5 Å². The van der Waals surface area contributed by atoms with E-state index in [0.29, 0.717) is 10.6 Å². The molecule has 0 aliphatic carbocycles. The van der Waals surface area contributed by atoms with Crippen molar-refractivity contribution in [1.29, 1.82) is 0 Å². The number of para-hydroxylation sites is 1. The summed E-state index contributed by atoms with van der Waals surface area (Å²) in [6.07, 6.45) is 0.0118. The summed E-state index contributed by atoms with van der Waals surface area (Å²) in [6, 6.07) is 12.6. The molecule has 4 N–H and O–H groups in total. The normalized spacial score (nSPS) is 10.4. The molecule has 0 saturated carbocycles. The second-order valence-electron chi connectivity index (χ2n) is 5.99. The van der Waals surface area contributed by atoms with E-state index in [4.69, 9.17) is 5.73 Å². The van der Waals surface area contributed by atoms with Crippen molar-refractivity contribution in [1.82, 2.24) is 10.3 Å². The molecule has 0 radical (unpaired) electrons. The summed E-state index contributed by atoms with van der Waals surface area (Å²) in [4.78, 5) is 39.9. The number of anilines is 1. The maximum absolute atomic E-state index is 13.9. The molecule has 2 aromatic carbocycles. The molecule has 29 heavy (non-hydrogen) atoms. The van der Waals surface area contributed by atoms with Crippen molar-refractivity contribution < 1.29 is 18.8 Å². The van der Waals surface area contributed by atoms with Crippen LogP contribution in [0.4, 0.5) is 10.1 Å². The third-order valence-electron chi connectivity index (χ3n) is 3.92. The Kier molecular flexibility index (Phi) is 6.30. The molecule has 3 amide bonds. The molecule has 0 fully saturated rings. The number of nitrogens with two attached hydrogens (primary N) is 1. The smallest absolute Gasteiger partial charge is 0.275 e. The molecule has 1 heterocycles. The number of nitrogens with one attached hydrogen (secondary N) is 2. The van der Waals surface area contributed by atoms with Crippen LogP contribution in [0.5, 0.6) is 0 Å². The van der Waals surface area contributed by atoms with E-state index in [1.807, 2.05) is 0 Å². The van der Waals surface area contributed by atoms with Crippen LogP contribution in [0.1, 0.15) is 27.3 Å². The Morgan fingerprint density at radius 1 is 1.03 bits per heavy atom. The first kappa shape index (κ1) is 20.2. The minimum Gasteiger partial charge on any atom is -0.370 e. The van der Waals surface area contributed by atoms with Crippen molar-refractivity contribution in [3.05, 3.63) is 71.0 Å². The first-order valence-corrected chi connectivity index (χ1v) is 9.51. The predicted molar refractivity (Wildman–Crippen MR) is 108 cm³/mol. The molecule has 0 atom stereocenters. The first-order valence-electron chi connectivity index (χ1n) is 8.63. The number of carbonyl (C=O) groups is 3. The Hall–Kier alpha value is -3.59. The molecule has 0 unspecified atom stereocenters. The number of carbonyl (C=O) groups excluding carboxylic acids is 3. The summed E-state index contributed by atoms with van der Waals surface area (Å²) < 4.78 is 13.9. The van der Waals surface area contributed by atoms with Gasteiger partial charge in [-0.2, -0.15) is 0 Å². The maximum Gasteiger partial charge on any atom is 0.275 e. The Morgan fingerprint density at radius 3 is 2.52 bits per heavy atom. The van der Waals surface area contributed by atoms with Crippen LogP contribution in [0.15, 0.2) is 53.9 Å². The topological polar surface area (TPSA) is 114 Å². The number of halogens is 1. The summed E-state index contributed by atoms with van der Waals surface area (Å²) in [7, 11) is 0. The third-order valence-corrected chi connectivity index (χ3v) is 4.79. The Labute approximate surface area is 169 Å². The minimum absolute atomic E-state index is 0.0118. The van der Waals surface area contributed by atoms with Crippen LogP contribution in [0.25, 0.3) is 10.6 Å². The fraction of sp³-hybridized carbons (Fsp3) is 0.100. The van der Waals surface area contributed by atoms with Crippen LogP contribution >= 0.6 is 11.3 Å². The molecule has 0 aliphatic heterocycles. The zero-order valence-corrected chi connectivity index (χ0v) is 16.0. The molecule has 3 rings (SSSR count). The highest BCUT2D eigenvalue weighted by atomic mass is 32.1. The molecule has 7 nitrogen and oxygen atoms in total. The number of rotatable bonds is 7. The molecule has 0 aliphatic rings. The van der Waals surface area contributed by atoms with Crippen LogP contribution in [0.2, 0.25) is 0 Å². The van der Waals surface area contributed by atoms with Crippen molar-refractivity contribution in [2.24, 2.45) is 5.73 Å². The van der Waals surface area contributed by atoms with Gasteiger partial charge in [-0.25, -0.2) is 9.37 Å². The number of benzene rings is 2. The van der Waals surface area contributed by atoms with Crippen LogP contribution in [-0.4, -0.2) is 29.3 Å². The minimum atomic E-state index is -0.527. The summed E-state index contributed by atoms with van der Waals surface area (Å²) in [5, 5.41) is 7.12. The van der Waals surface area contributed by atoms with Crippen LogP contribution < -0.4 is 16.4 Å². The van der Waals surface area contributed by atoms with Crippen molar-refractivity contribution in [2.45, 2.75) is 6.42 Å². The van der Waals surface area contributed by atoms with Crippen molar-refractivity contribution in [3.8, 4) is 10.6 Å². The van der Waals surface area contributed by atoms with Gasteiger partial charge in [-0.15, -0.1) is 11.3 Å². The number of amides is 3. The van der Waals surface area contributed by atoms with Crippen molar-refractivity contribution >= 4 is 34.7 Å². The highest BCUT2D eigenvalue weighted by molar-refractivity contribution is 7.13. The predicted octanol–water partition coefficient (Wildman–Crippen LogP) is 2.81. The van der Waals surface area contributed by atoms with Crippen molar-refractivity contribution in [2.75, 3.05) is 11.9 Å². The van der Waals surface area contributed by atoms with Gasteiger partial charge in [-0.1, -0.05) is 24.3 Å². The van der Waals surface area contributed by atoms with E-state index < -0.39 is 23.5 Å². The van der Waals surface area contributed by atoms with Crippen molar-refractivity contribution in [3.63, 3.8) is 0 Å². The van der Waals surface area contributed by atoms with Crippen LogP contribution in [0.3, 0.4) is 0 Å². The summed E-state index contributed by atoms with van der Waals surface area (Å²) in [6.45, 7) is 0.0918. The van der Waals surface area contributed by atoms with Gasteiger partial charge >= 0.3 is 0 Å². The van der Waals surface area contributed by atoms with E-state index in [-0.39, 0.29) is 29.9 Å². The SMILES string of the molecule is NC(=O)CCNC(=O)c1ccccc1NC(=O)c1csc(-c2ccccc2F)n1. The van der Waals surface area contributed by atoms with E-state index in [9.17, 15) is 18.8 Å². The van der Waals surface area contributed by atoms with Gasteiger partial charge in [0.15, 0.2) is 0 Å². The molecule has 0 saturated heterocycles. The molecule has 148 valence electrons. The number of hydrogen-bond donors (Lipinski definition) is 3. The summed E-state index contributed by atoms with van der Waals surface area (Å²) >= 11 is 1.14. The summed E-state index contributed by atoms with van der Waals surface area (Å²) in [5.41, 5.74) is 5.99. The molecule has 1 aromatic heterocycles. The molecule has 3 aromatic rings. The van der Waals surface area contributed by atoms with Gasteiger partial charge in [0.05, 0.1) is 11.3 Å². The maximum atomic E-state index is 13.9. The fourth-order valence-electron chi connectivity index (χ4n) is 2.51. The number of thiazole rings is 1. The van der Waals surface area contributed by atoms with Crippen LogP contribution in [0, 0.1) is 5.82 Å². The molecular formula is C20H17FN4O3S. The second kappa shape index (κ2) is 9.07. The number of hydrogen-bond acceptors (Lipinski definition) is 5. The van der Waals surface area contributed by atoms with Gasteiger partial charge in [0, 0.05) is 23.9 Å². The monoisotopic (exact) mass is 412 g/mol. The Bertz CT molecular complexity index is 1070. The zero-order valence-electron chi connectivity index (χ0n) is 15.1. The van der Waals surface area contributed by atoms with Gasteiger partial charge in [-0.05, 0) is 24.3 Å². The third kappa shape index (κ3) is 5.02. The molecular weight excluding hydrogens is 395 g/mol. The molecule has 0 spiro atoms. The quantitative estimate of drug-likeness (QED) is 0.554. The lowest BCUT2D eigenvalue weighted by molar-refractivity contribution is -0.117. The molecule has 9 heteroatoms. The van der Waals surface area contributed by atoms with E-state index in [0.717, 1.165) is 11.3 Å². The van der Waals surface area contributed by atoms with Gasteiger partial charge in [-0.3, -0.25) is 14.4 Å². The highest BCUT2D eigenvalue weighted by Crippen LogP contribution is 2.26. The average molecular weight is 412 g/mol. The Balaban J connectivity index is 1.74. The Morgan fingerprint density at radius 2 is 1.76 bits per heavy atom. The van der Waals surface area contributed by atoms with E-state index in [1.54, 1.807) is 42.5 Å². The average Bonchev–Trinajstić information content (AvgIpc) is 3.18. The standard InChI is InChI=1S/C20H17FN4O3S/c21-14-7-3-1-5-12(14)20-25-16(11-29-20)19(28)24-15-8-4-2-6-13(15)18(27)23-10-9-17(22)26/h1-8,11H,9-10H2,(H2,22,26)(H,23,27)(H,24,28). The number of aromatic nitrogens is 1. The lowest BCUT2D eigenvalue weighted by Gasteiger charge is -2.10. The van der Waals surface area contributed by atoms with E-state index in [2.05, 4.69) is 15.6 Å². The second-order valence-corrected chi connectivity index (χ2v) is 6.85. The molecule has 0 bridgehead atoms. The van der Waals surface area contributed by atoms with Gasteiger partial charge in [0.25, 0.3) is 11.8 Å². The number of primary amides is 1. The van der Waals surface area contributed by atoms with Gasteiger partial charge < -0.3 is 16.4 Å². The summed E-state index contributed by atoms with van der Waals surface area (Å²) in [5.74, 6) is -1.93. The highest BCUT2D eigenvalue weighted by Gasteiger charge is 2.17. The lowest BCUT2D eigenvalue weighted by Crippen LogP contribution is -2.28. The van der Waals surface area contributed by atoms with Crippen LogP contribution in [-0.2, 0) is 4.79 Å². The van der Waals surface area contributed by atoms with E-state index in [1.165, 1.54) is 11.4 Å².